The van der Waals surface area contributed by atoms with E-state index in [9.17, 15) is 22.8 Å². The van der Waals surface area contributed by atoms with Crippen molar-refractivity contribution in [1.82, 2.24) is 10.2 Å². The van der Waals surface area contributed by atoms with Gasteiger partial charge in [-0.15, -0.1) is 0 Å². The summed E-state index contributed by atoms with van der Waals surface area (Å²) in [6.07, 6.45) is -1.87. The molecule has 2 saturated heterocycles. The summed E-state index contributed by atoms with van der Waals surface area (Å²) in [5.74, 6) is -0.391. The van der Waals surface area contributed by atoms with Crippen molar-refractivity contribution in [3.8, 4) is 0 Å². The molecule has 0 aliphatic carbocycles. The van der Waals surface area contributed by atoms with Crippen molar-refractivity contribution >= 4 is 11.8 Å². The van der Waals surface area contributed by atoms with E-state index in [-0.39, 0.29) is 23.6 Å². The summed E-state index contributed by atoms with van der Waals surface area (Å²) < 4.78 is 43.1. The number of benzene rings is 1. The van der Waals surface area contributed by atoms with Gasteiger partial charge in [-0.25, -0.2) is 0 Å². The van der Waals surface area contributed by atoms with Gasteiger partial charge in [0.1, 0.15) is 6.10 Å². The molecule has 1 N–H and O–H groups in total. The second-order valence-electron chi connectivity index (χ2n) is 6.65. The van der Waals surface area contributed by atoms with E-state index in [0.717, 1.165) is 25.0 Å². The zero-order valence-corrected chi connectivity index (χ0v) is 14.2. The van der Waals surface area contributed by atoms with Crippen LogP contribution in [0, 0.1) is 0 Å². The predicted molar refractivity (Wildman–Crippen MR) is 87.5 cm³/mol. The fourth-order valence-electron chi connectivity index (χ4n) is 3.30. The van der Waals surface area contributed by atoms with E-state index in [1.807, 2.05) is 0 Å². The maximum Gasteiger partial charge on any atom is 0.416 e. The molecule has 142 valence electrons. The molecule has 1 atom stereocenters. The Bertz CT molecular complexity index is 647. The molecule has 2 heterocycles. The van der Waals surface area contributed by atoms with Gasteiger partial charge >= 0.3 is 6.18 Å². The maximum atomic E-state index is 12.6. The molecule has 26 heavy (non-hydrogen) atoms. The molecular formula is C18H21F3N2O3. The molecule has 0 bridgehead atoms. The first-order valence-corrected chi connectivity index (χ1v) is 8.73. The summed E-state index contributed by atoms with van der Waals surface area (Å²) in [6, 6.07) is 4.05. The molecule has 2 amide bonds. The van der Waals surface area contributed by atoms with Gasteiger partial charge in [-0.1, -0.05) is 0 Å². The maximum absolute atomic E-state index is 12.6. The summed E-state index contributed by atoms with van der Waals surface area (Å²) in [5, 5.41) is 2.83. The number of carbonyl (C=O) groups excluding carboxylic acids is 2. The fraction of sp³-hybridized carbons (Fsp3) is 0.556. The average molecular weight is 370 g/mol. The number of hydrogen-bond acceptors (Lipinski definition) is 3. The lowest BCUT2D eigenvalue weighted by atomic mass is 10.0. The number of nitrogens with one attached hydrogen (secondary N) is 1. The summed E-state index contributed by atoms with van der Waals surface area (Å²) in [4.78, 5) is 26.3. The largest absolute Gasteiger partial charge is 0.416 e. The van der Waals surface area contributed by atoms with Gasteiger partial charge in [0, 0.05) is 31.3 Å². The summed E-state index contributed by atoms with van der Waals surface area (Å²) in [5.41, 5.74) is -0.592. The normalized spacial score (nSPS) is 21.7. The number of likely N-dealkylation sites (tertiary alicyclic amines) is 1. The van der Waals surface area contributed by atoms with Gasteiger partial charge < -0.3 is 15.0 Å². The Morgan fingerprint density at radius 1 is 1.08 bits per heavy atom. The Morgan fingerprint density at radius 2 is 1.73 bits per heavy atom. The van der Waals surface area contributed by atoms with Gasteiger partial charge in [-0.05, 0) is 49.9 Å². The van der Waals surface area contributed by atoms with Crippen LogP contribution in [0.15, 0.2) is 24.3 Å². The van der Waals surface area contributed by atoms with Crippen LogP contribution in [0.25, 0.3) is 0 Å². The van der Waals surface area contributed by atoms with Crippen molar-refractivity contribution in [3.05, 3.63) is 35.4 Å². The van der Waals surface area contributed by atoms with E-state index in [1.165, 1.54) is 12.1 Å². The number of nitrogens with zero attached hydrogens (tertiary/aromatic N) is 1. The topological polar surface area (TPSA) is 58.6 Å². The van der Waals surface area contributed by atoms with Crippen LogP contribution in [0.2, 0.25) is 0 Å². The fourth-order valence-corrected chi connectivity index (χ4v) is 3.30. The molecular weight excluding hydrogens is 349 g/mol. The molecule has 1 aromatic rings. The van der Waals surface area contributed by atoms with Crippen molar-refractivity contribution in [1.29, 1.82) is 0 Å². The van der Waals surface area contributed by atoms with Crippen molar-refractivity contribution in [3.63, 3.8) is 0 Å². The summed E-state index contributed by atoms with van der Waals surface area (Å²) >= 11 is 0. The van der Waals surface area contributed by atoms with E-state index in [0.29, 0.717) is 32.5 Å². The number of amides is 2. The molecule has 2 aliphatic rings. The Labute approximate surface area is 149 Å². The number of carbonyl (C=O) groups is 2. The predicted octanol–water partition coefficient (Wildman–Crippen LogP) is 2.61. The molecule has 3 rings (SSSR count). The van der Waals surface area contributed by atoms with E-state index < -0.39 is 17.6 Å². The minimum atomic E-state index is -4.42. The summed E-state index contributed by atoms with van der Waals surface area (Å²) in [6.45, 7) is 1.70. The number of alkyl halides is 3. The third-order valence-corrected chi connectivity index (χ3v) is 4.82. The van der Waals surface area contributed by atoms with Crippen LogP contribution in [-0.2, 0) is 15.7 Å². The van der Waals surface area contributed by atoms with Gasteiger partial charge in [0.2, 0.25) is 0 Å². The molecule has 1 aromatic carbocycles. The van der Waals surface area contributed by atoms with Crippen molar-refractivity contribution < 1.29 is 27.5 Å². The first kappa shape index (κ1) is 18.7. The molecule has 2 aliphatic heterocycles. The number of hydrogen-bond donors (Lipinski definition) is 1. The van der Waals surface area contributed by atoms with E-state index in [1.54, 1.807) is 4.90 Å². The van der Waals surface area contributed by atoms with Crippen molar-refractivity contribution in [2.75, 3.05) is 19.7 Å². The van der Waals surface area contributed by atoms with Crippen LogP contribution < -0.4 is 5.32 Å². The average Bonchev–Trinajstić information content (AvgIpc) is 3.16. The van der Waals surface area contributed by atoms with Gasteiger partial charge in [0.15, 0.2) is 0 Å². The van der Waals surface area contributed by atoms with Crippen LogP contribution in [0.5, 0.6) is 0 Å². The Hall–Kier alpha value is -2.09. The lowest BCUT2D eigenvalue weighted by molar-refractivity contribution is -0.142. The minimum Gasteiger partial charge on any atom is -0.368 e. The second-order valence-corrected chi connectivity index (χ2v) is 6.65. The molecule has 2 fully saturated rings. The first-order chi connectivity index (χ1) is 12.3. The molecule has 1 unspecified atom stereocenters. The molecule has 8 heteroatoms. The highest BCUT2D eigenvalue weighted by molar-refractivity contribution is 5.94. The molecule has 0 aromatic heterocycles. The smallest absolute Gasteiger partial charge is 0.368 e. The van der Waals surface area contributed by atoms with E-state index in [2.05, 4.69) is 5.32 Å². The number of rotatable bonds is 3. The number of halogens is 3. The highest BCUT2D eigenvalue weighted by atomic mass is 19.4. The SMILES string of the molecule is O=C(NC1CCN(C(=O)C2CCCO2)CC1)c1ccc(C(F)(F)F)cc1. The van der Waals surface area contributed by atoms with Gasteiger partial charge in [-0.3, -0.25) is 9.59 Å². The van der Waals surface area contributed by atoms with E-state index in [4.69, 9.17) is 4.74 Å². The monoisotopic (exact) mass is 370 g/mol. The zero-order valence-electron chi connectivity index (χ0n) is 14.2. The highest BCUT2D eigenvalue weighted by Crippen LogP contribution is 2.29. The van der Waals surface area contributed by atoms with Crippen LogP contribution in [0.3, 0.4) is 0 Å². The van der Waals surface area contributed by atoms with Gasteiger partial charge in [0.05, 0.1) is 5.56 Å². The summed E-state index contributed by atoms with van der Waals surface area (Å²) in [7, 11) is 0. The third kappa shape index (κ3) is 4.35. The van der Waals surface area contributed by atoms with E-state index >= 15 is 0 Å². The molecule has 5 nitrogen and oxygen atoms in total. The quantitative estimate of drug-likeness (QED) is 0.890. The molecule has 0 saturated carbocycles. The highest BCUT2D eigenvalue weighted by Gasteiger charge is 2.32. The molecule has 0 radical (unpaired) electrons. The van der Waals surface area contributed by atoms with Crippen LogP contribution in [0.1, 0.15) is 41.6 Å². The lowest BCUT2D eigenvalue weighted by Gasteiger charge is -2.33. The third-order valence-electron chi connectivity index (χ3n) is 4.82. The lowest BCUT2D eigenvalue weighted by Crippen LogP contribution is -2.49. The van der Waals surface area contributed by atoms with Crippen LogP contribution in [0.4, 0.5) is 13.2 Å². The van der Waals surface area contributed by atoms with Crippen molar-refractivity contribution in [2.24, 2.45) is 0 Å². The Balaban J connectivity index is 1.49. The van der Waals surface area contributed by atoms with Crippen LogP contribution in [-0.4, -0.2) is 48.6 Å². The van der Waals surface area contributed by atoms with Gasteiger partial charge in [-0.2, -0.15) is 13.2 Å². The zero-order chi connectivity index (χ0) is 18.7. The number of piperidine rings is 1. The standard InChI is InChI=1S/C18H21F3N2O3/c19-18(20,21)13-5-3-12(4-6-13)16(24)22-14-7-9-23(10-8-14)17(25)15-2-1-11-26-15/h3-6,14-15H,1-2,7-11H2,(H,22,24). The van der Waals surface area contributed by atoms with Crippen molar-refractivity contribution in [2.45, 2.75) is 44.0 Å². The number of ether oxygens (including phenoxy) is 1. The Kier molecular flexibility index (Phi) is 5.50. The van der Waals surface area contributed by atoms with Gasteiger partial charge in [0.25, 0.3) is 11.8 Å². The molecule has 0 spiro atoms. The first-order valence-electron chi connectivity index (χ1n) is 8.73. The van der Waals surface area contributed by atoms with Crippen LogP contribution >= 0.6 is 0 Å². The minimum absolute atomic E-state index is 0.00927. The second kappa shape index (κ2) is 7.65. The Morgan fingerprint density at radius 3 is 2.27 bits per heavy atom.